The molecule has 0 fully saturated rings. The third-order valence-corrected chi connectivity index (χ3v) is 2.65. The summed E-state index contributed by atoms with van der Waals surface area (Å²) in [6.45, 7) is 2.12. The molecule has 1 aliphatic rings. The van der Waals surface area contributed by atoms with Crippen LogP contribution in [0.15, 0.2) is 29.8 Å². The van der Waals surface area contributed by atoms with E-state index in [-0.39, 0.29) is 0 Å². The second-order valence-corrected chi connectivity index (χ2v) is 3.77. The Bertz CT molecular complexity index is 388. The highest BCUT2D eigenvalue weighted by Crippen LogP contribution is 2.25. The maximum Gasteiger partial charge on any atom is 0.0349 e. The van der Waals surface area contributed by atoms with E-state index in [9.17, 15) is 0 Å². The zero-order chi connectivity index (χ0) is 9.97. The fraction of sp³-hybridized carbons (Fsp3) is 0.308. The predicted octanol–water partition coefficient (Wildman–Crippen LogP) is 3.45. The van der Waals surface area contributed by atoms with Crippen LogP contribution in [0.2, 0.25) is 0 Å². The van der Waals surface area contributed by atoms with E-state index in [4.69, 9.17) is 5.41 Å². The molecular weight excluding hydrogens is 170 g/mol. The smallest absolute Gasteiger partial charge is 0.0349 e. The van der Waals surface area contributed by atoms with Crippen LogP contribution in [-0.4, -0.2) is 5.71 Å². The summed E-state index contributed by atoms with van der Waals surface area (Å²) in [5.74, 6) is 0. The summed E-state index contributed by atoms with van der Waals surface area (Å²) in [5.41, 5.74) is 4.67. The Balaban J connectivity index is 2.19. The lowest BCUT2D eigenvalue weighted by atomic mass is 10.0. The summed E-state index contributed by atoms with van der Waals surface area (Å²) >= 11 is 0. The van der Waals surface area contributed by atoms with Crippen molar-refractivity contribution in [1.29, 1.82) is 5.41 Å². The van der Waals surface area contributed by atoms with Gasteiger partial charge in [0.05, 0.1) is 0 Å². The van der Waals surface area contributed by atoms with Gasteiger partial charge in [0.15, 0.2) is 0 Å². The molecule has 0 spiro atoms. The maximum absolute atomic E-state index is 7.89. The number of rotatable bonds is 3. The van der Waals surface area contributed by atoms with Crippen LogP contribution in [0.3, 0.4) is 0 Å². The van der Waals surface area contributed by atoms with E-state index in [1.54, 1.807) is 0 Å². The fourth-order valence-electron chi connectivity index (χ4n) is 1.88. The Morgan fingerprint density at radius 2 is 2.14 bits per heavy atom. The van der Waals surface area contributed by atoms with E-state index in [1.165, 1.54) is 16.7 Å². The van der Waals surface area contributed by atoms with Crippen LogP contribution >= 0.6 is 0 Å². The topological polar surface area (TPSA) is 23.9 Å². The zero-order valence-electron chi connectivity index (χ0n) is 8.51. The molecule has 1 N–H and O–H groups in total. The average molecular weight is 185 g/mol. The first-order chi connectivity index (χ1) is 6.81. The van der Waals surface area contributed by atoms with Crippen molar-refractivity contribution >= 4 is 11.8 Å². The summed E-state index contributed by atoms with van der Waals surface area (Å²) in [6.07, 6.45) is 5.08. The standard InChI is InChI=1S/C13H15N/c1-2-5-13(14)12-8-10-6-3-4-7-11(10)9-12/h3-4,6-8,14H,2,5,9H2,1H3. The Morgan fingerprint density at radius 1 is 1.36 bits per heavy atom. The number of hydrogen-bond donors (Lipinski definition) is 1. The molecule has 0 unspecified atom stereocenters. The van der Waals surface area contributed by atoms with Crippen molar-refractivity contribution in [2.45, 2.75) is 26.2 Å². The molecule has 0 saturated carbocycles. The predicted molar refractivity (Wildman–Crippen MR) is 60.8 cm³/mol. The molecule has 1 aliphatic carbocycles. The zero-order valence-corrected chi connectivity index (χ0v) is 8.51. The third-order valence-electron chi connectivity index (χ3n) is 2.65. The maximum atomic E-state index is 7.89. The monoisotopic (exact) mass is 185 g/mol. The molecule has 14 heavy (non-hydrogen) atoms. The molecule has 0 heterocycles. The molecule has 0 amide bonds. The largest absolute Gasteiger partial charge is 0.305 e. The molecule has 0 aliphatic heterocycles. The van der Waals surface area contributed by atoms with Crippen LogP contribution in [-0.2, 0) is 6.42 Å². The van der Waals surface area contributed by atoms with Crippen LogP contribution in [0.1, 0.15) is 30.9 Å². The molecule has 0 radical (unpaired) electrons. The summed E-state index contributed by atoms with van der Waals surface area (Å²) in [7, 11) is 0. The quantitative estimate of drug-likeness (QED) is 0.697. The van der Waals surface area contributed by atoms with Gasteiger partial charge in [0.25, 0.3) is 0 Å². The molecule has 1 aromatic carbocycles. The second-order valence-electron chi connectivity index (χ2n) is 3.77. The van der Waals surface area contributed by atoms with Crippen molar-refractivity contribution in [3.63, 3.8) is 0 Å². The lowest BCUT2D eigenvalue weighted by Gasteiger charge is -2.01. The van der Waals surface area contributed by atoms with Gasteiger partial charge < -0.3 is 5.41 Å². The van der Waals surface area contributed by atoms with Crippen LogP contribution in [0.4, 0.5) is 0 Å². The van der Waals surface area contributed by atoms with Gasteiger partial charge in [0, 0.05) is 5.71 Å². The first kappa shape index (κ1) is 9.20. The molecular formula is C13H15N. The summed E-state index contributed by atoms with van der Waals surface area (Å²) < 4.78 is 0. The lowest BCUT2D eigenvalue weighted by Crippen LogP contribution is -2.00. The minimum absolute atomic E-state index is 0.809. The molecule has 1 nitrogen and oxygen atoms in total. The van der Waals surface area contributed by atoms with E-state index in [1.807, 2.05) is 0 Å². The van der Waals surface area contributed by atoms with E-state index >= 15 is 0 Å². The van der Waals surface area contributed by atoms with Gasteiger partial charge in [0.2, 0.25) is 0 Å². The SMILES string of the molecule is CCCC(=N)C1=Cc2ccccc2C1. The van der Waals surface area contributed by atoms with Crippen molar-refractivity contribution in [3.05, 3.63) is 41.0 Å². The molecule has 0 atom stereocenters. The van der Waals surface area contributed by atoms with Gasteiger partial charge in [-0.25, -0.2) is 0 Å². The van der Waals surface area contributed by atoms with E-state index in [0.717, 1.165) is 25.0 Å². The van der Waals surface area contributed by atoms with Gasteiger partial charge in [-0.1, -0.05) is 37.6 Å². The van der Waals surface area contributed by atoms with Gasteiger partial charge in [-0.3, -0.25) is 0 Å². The number of allylic oxidation sites excluding steroid dienone is 1. The molecule has 1 aromatic rings. The Labute approximate surface area is 85.0 Å². The highest BCUT2D eigenvalue weighted by molar-refractivity contribution is 6.03. The van der Waals surface area contributed by atoms with E-state index in [2.05, 4.69) is 37.3 Å². The first-order valence-electron chi connectivity index (χ1n) is 5.17. The molecule has 0 bridgehead atoms. The Hall–Kier alpha value is -1.37. The number of fused-ring (bicyclic) bond motifs is 1. The van der Waals surface area contributed by atoms with Crippen molar-refractivity contribution in [2.24, 2.45) is 0 Å². The summed E-state index contributed by atoms with van der Waals surface area (Å²) in [4.78, 5) is 0. The van der Waals surface area contributed by atoms with Crippen molar-refractivity contribution in [3.8, 4) is 0 Å². The van der Waals surface area contributed by atoms with Crippen molar-refractivity contribution in [2.75, 3.05) is 0 Å². The minimum atomic E-state index is 0.809. The number of nitrogens with one attached hydrogen (secondary N) is 1. The minimum Gasteiger partial charge on any atom is -0.305 e. The molecule has 0 saturated heterocycles. The summed E-state index contributed by atoms with van der Waals surface area (Å²) in [5, 5.41) is 7.89. The number of hydrogen-bond acceptors (Lipinski definition) is 1. The van der Waals surface area contributed by atoms with E-state index in [0.29, 0.717) is 0 Å². The van der Waals surface area contributed by atoms with Gasteiger partial charge in [-0.2, -0.15) is 0 Å². The van der Waals surface area contributed by atoms with Crippen molar-refractivity contribution in [1.82, 2.24) is 0 Å². The van der Waals surface area contributed by atoms with Gasteiger partial charge in [0.1, 0.15) is 0 Å². The van der Waals surface area contributed by atoms with Crippen molar-refractivity contribution < 1.29 is 0 Å². The summed E-state index contributed by atoms with van der Waals surface area (Å²) in [6, 6.07) is 8.40. The third kappa shape index (κ3) is 1.63. The average Bonchev–Trinajstić information content (AvgIpc) is 2.61. The fourth-order valence-corrected chi connectivity index (χ4v) is 1.88. The first-order valence-corrected chi connectivity index (χ1v) is 5.17. The second kappa shape index (κ2) is 3.79. The van der Waals surface area contributed by atoms with Gasteiger partial charge in [-0.05, 0) is 35.6 Å². The highest BCUT2D eigenvalue weighted by Gasteiger charge is 2.14. The van der Waals surface area contributed by atoms with Crippen LogP contribution in [0.25, 0.3) is 6.08 Å². The molecule has 72 valence electrons. The molecule has 2 rings (SSSR count). The molecule has 1 heteroatoms. The Kier molecular flexibility index (Phi) is 2.49. The normalized spacial score (nSPS) is 13.6. The van der Waals surface area contributed by atoms with Gasteiger partial charge in [-0.15, -0.1) is 0 Å². The van der Waals surface area contributed by atoms with Crippen LogP contribution in [0.5, 0.6) is 0 Å². The highest BCUT2D eigenvalue weighted by atomic mass is 14.4. The van der Waals surface area contributed by atoms with Gasteiger partial charge >= 0.3 is 0 Å². The van der Waals surface area contributed by atoms with E-state index < -0.39 is 0 Å². The van der Waals surface area contributed by atoms with Crippen LogP contribution < -0.4 is 0 Å². The lowest BCUT2D eigenvalue weighted by molar-refractivity contribution is 0.979. The van der Waals surface area contributed by atoms with Crippen LogP contribution in [0, 0.1) is 5.41 Å². The molecule has 0 aromatic heterocycles. The Morgan fingerprint density at radius 3 is 2.86 bits per heavy atom. The number of benzene rings is 1.